The minimum absolute atomic E-state index is 0.178. The maximum absolute atomic E-state index is 14.7. The van der Waals surface area contributed by atoms with Gasteiger partial charge in [-0.15, -0.1) is 0 Å². The van der Waals surface area contributed by atoms with Crippen LogP contribution in [0.1, 0.15) is 55.0 Å². The van der Waals surface area contributed by atoms with E-state index in [1.807, 2.05) is 12.1 Å². The Balaban J connectivity index is 1.82. The molecule has 1 heterocycles. The molecule has 3 nitrogen and oxygen atoms in total. The van der Waals surface area contributed by atoms with Gasteiger partial charge in [0.05, 0.1) is 11.1 Å². The molecule has 0 radical (unpaired) electrons. The van der Waals surface area contributed by atoms with Crippen LogP contribution in [0.5, 0.6) is 0 Å². The smallest absolute Gasteiger partial charge is 0.240 e. The number of hydrogen-bond acceptors (Lipinski definition) is 2. The lowest BCUT2D eigenvalue weighted by Crippen LogP contribution is -2.68. The number of para-hydroxylation sites is 1. The lowest BCUT2D eigenvalue weighted by Gasteiger charge is -2.38. The second-order valence-corrected chi connectivity index (χ2v) is 9.94. The summed E-state index contributed by atoms with van der Waals surface area (Å²) in [4.78, 5) is 8.13. The van der Waals surface area contributed by atoms with Crippen molar-refractivity contribution >= 4 is 22.8 Å². The molecule has 1 aliphatic carbocycles. The first-order valence-electron chi connectivity index (χ1n) is 11.9. The Bertz CT molecular complexity index is 1260. The molecular formula is C29H33FN3+. The van der Waals surface area contributed by atoms with Gasteiger partial charge in [0.25, 0.3) is 0 Å². The van der Waals surface area contributed by atoms with E-state index in [0.717, 1.165) is 30.8 Å². The molecule has 0 saturated carbocycles. The van der Waals surface area contributed by atoms with Crippen molar-refractivity contribution in [1.29, 1.82) is 0 Å². The number of hydrogen-bond donors (Lipinski definition) is 1. The third kappa shape index (κ3) is 3.52. The first kappa shape index (κ1) is 21.7. The summed E-state index contributed by atoms with van der Waals surface area (Å²) in [5, 5.41) is 0. The van der Waals surface area contributed by atoms with Crippen LogP contribution >= 0.6 is 0 Å². The van der Waals surface area contributed by atoms with Gasteiger partial charge in [0.2, 0.25) is 11.4 Å². The summed E-state index contributed by atoms with van der Waals surface area (Å²) in [5.74, 6) is -0.238. The Morgan fingerprint density at radius 3 is 2.48 bits per heavy atom. The van der Waals surface area contributed by atoms with E-state index in [4.69, 9.17) is 0 Å². The summed E-state index contributed by atoms with van der Waals surface area (Å²) in [6.07, 6.45) is 2.25. The molecule has 0 spiro atoms. The fourth-order valence-electron chi connectivity index (χ4n) is 5.43. The second-order valence-electron chi connectivity index (χ2n) is 9.94. The minimum atomic E-state index is -0.238. The summed E-state index contributed by atoms with van der Waals surface area (Å²) >= 11 is 0. The van der Waals surface area contributed by atoms with E-state index in [2.05, 4.69) is 80.0 Å². The molecule has 5 rings (SSSR count). The highest BCUT2D eigenvalue weighted by Crippen LogP contribution is 2.45. The highest BCUT2D eigenvalue weighted by molar-refractivity contribution is 6.14. The predicted molar refractivity (Wildman–Crippen MR) is 136 cm³/mol. The van der Waals surface area contributed by atoms with Crippen molar-refractivity contribution in [3.05, 3.63) is 88.2 Å². The molecule has 4 heteroatoms. The van der Waals surface area contributed by atoms with Gasteiger partial charge in [0.1, 0.15) is 0 Å². The van der Waals surface area contributed by atoms with Crippen LogP contribution in [0.4, 0.5) is 21.5 Å². The third-order valence-corrected chi connectivity index (χ3v) is 7.35. The van der Waals surface area contributed by atoms with E-state index in [-0.39, 0.29) is 11.2 Å². The molecule has 0 unspecified atom stereocenters. The first-order chi connectivity index (χ1) is 15.8. The van der Waals surface area contributed by atoms with Crippen molar-refractivity contribution in [3.63, 3.8) is 0 Å². The monoisotopic (exact) mass is 442 g/mol. The molecule has 0 fully saturated rings. The molecule has 170 valence electrons. The Kier molecular flexibility index (Phi) is 5.27. The number of nitrogens with one attached hydrogen (secondary N) is 1. The Labute approximate surface area is 196 Å². The zero-order valence-electron chi connectivity index (χ0n) is 20.3. The quantitative estimate of drug-likeness (QED) is 0.642. The van der Waals surface area contributed by atoms with Crippen LogP contribution in [0.2, 0.25) is 0 Å². The third-order valence-electron chi connectivity index (χ3n) is 7.35. The van der Waals surface area contributed by atoms with Gasteiger partial charge in [0.15, 0.2) is 5.82 Å². The van der Waals surface area contributed by atoms with Crippen LogP contribution in [0.3, 0.4) is 0 Å². The van der Waals surface area contributed by atoms with Gasteiger partial charge in [-0.25, -0.2) is 4.99 Å². The normalized spacial score (nSPS) is 17.4. The van der Waals surface area contributed by atoms with Gasteiger partial charge in [0, 0.05) is 50.0 Å². The summed E-state index contributed by atoms with van der Waals surface area (Å²) in [6.45, 7) is 8.98. The molecule has 0 amide bonds. The lowest BCUT2D eigenvalue weighted by atomic mass is 9.67. The number of benzene rings is 3. The maximum Gasteiger partial charge on any atom is 0.240 e. The lowest BCUT2D eigenvalue weighted by molar-refractivity contribution is -0.355. The van der Waals surface area contributed by atoms with Crippen LogP contribution < -0.4 is 14.8 Å². The second kappa shape index (κ2) is 8.02. The summed E-state index contributed by atoms with van der Waals surface area (Å²) in [5.41, 5.74) is 10.1. The van der Waals surface area contributed by atoms with E-state index in [1.54, 1.807) is 6.07 Å². The number of aryl methyl sites for hydroxylation is 1. The van der Waals surface area contributed by atoms with E-state index >= 15 is 0 Å². The molecule has 0 aromatic heterocycles. The van der Waals surface area contributed by atoms with Crippen LogP contribution in [0.15, 0.2) is 54.6 Å². The fourth-order valence-corrected chi connectivity index (χ4v) is 5.43. The molecule has 3 aromatic carbocycles. The van der Waals surface area contributed by atoms with E-state index < -0.39 is 0 Å². The van der Waals surface area contributed by atoms with Crippen molar-refractivity contribution < 1.29 is 9.38 Å². The van der Waals surface area contributed by atoms with Crippen molar-refractivity contribution in [3.8, 4) is 0 Å². The van der Waals surface area contributed by atoms with Gasteiger partial charge >= 0.3 is 0 Å². The van der Waals surface area contributed by atoms with Gasteiger partial charge in [-0.2, -0.15) is 4.39 Å². The molecule has 0 saturated heterocycles. The molecule has 3 aromatic rings. The predicted octanol–water partition coefficient (Wildman–Crippen LogP) is 4.55. The maximum atomic E-state index is 14.7. The van der Waals surface area contributed by atoms with Crippen molar-refractivity contribution in [2.75, 3.05) is 37.0 Å². The largest absolute Gasteiger partial charge is 0.378 e. The van der Waals surface area contributed by atoms with Gasteiger partial charge in [-0.3, -0.25) is 0 Å². The molecule has 1 N–H and O–H groups in total. The molecule has 2 aliphatic rings. The van der Waals surface area contributed by atoms with Crippen LogP contribution in [-0.4, -0.2) is 32.9 Å². The average Bonchev–Trinajstić information content (AvgIpc) is 2.81. The number of nitrogens with zero attached hydrogens (tertiary/aromatic N) is 2. The SMILES string of the molecule is CCN1CCCc2cc3c(cc21)C(C)(C)c1cc(N(C)C)ccc1C3=[NH+]c1ccccc1F. The summed E-state index contributed by atoms with van der Waals surface area (Å²) in [6, 6.07) is 18.3. The van der Waals surface area contributed by atoms with E-state index in [0.29, 0.717) is 5.69 Å². The van der Waals surface area contributed by atoms with Crippen molar-refractivity contribution in [1.82, 2.24) is 0 Å². The zero-order chi connectivity index (χ0) is 23.3. The fraction of sp³-hybridized carbons (Fsp3) is 0.345. The molecule has 33 heavy (non-hydrogen) atoms. The standard InChI is InChI=1S/C29H32FN3/c1-6-33-15-9-10-19-16-22-24(18-27(19)33)29(2,3)23-17-20(32(4)5)13-14-21(23)28(22)31-26-12-8-7-11-25(26)30/h7-8,11-14,16-18H,6,9-10,15H2,1-5H3/p+1. The first-order valence-corrected chi connectivity index (χ1v) is 11.9. The van der Waals surface area contributed by atoms with Gasteiger partial charge in [-0.1, -0.05) is 26.0 Å². The minimum Gasteiger partial charge on any atom is -0.378 e. The highest BCUT2D eigenvalue weighted by Gasteiger charge is 2.40. The Hall–Kier alpha value is -3.14. The van der Waals surface area contributed by atoms with Crippen molar-refractivity contribution in [2.45, 2.75) is 39.0 Å². The van der Waals surface area contributed by atoms with Crippen LogP contribution in [-0.2, 0) is 11.8 Å². The molecule has 1 aliphatic heterocycles. The van der Waals surface area contributed by atoms with E-state index in [1.165, 1.54) is 46.1 Å². The number of rotatable bonds is 3. The number of fused-ring (bicyclic) bond motifs is 3. The van der Waals surface area contributed by atoms with Crippen LogP contribution in [0, 0.1) is 5.82 Å². The number of anilines is 2. The summed E-state index contributed by atoms with van der Waals surface area (Å²) in [7, 11) is 4.15. The Morgan fingerprint density at radius 2 is 1.76 bits per heavy atom. The van der Waals surface area contributed by atoms with E-state index in [9.17, 15) is 4.39 Å². The topological polar surface area (TPSA) is 20.5 Å². The number of halogens is 1. The molecule has 0 atom stereocenters. The molecular weight excluding hydrogens is 409 g/mol. The zero-order valence-corrected chi connectivity index (χ0v) is 20.3. The molecule has 0 bridgehead atoms. The van der Waals surface area contributed by atoms with Gasteiger partial charge in [-0.05, 0) is 72.9 Å². The highest BCUT2D eigenvalue weighted by atomic mass is 19.1. The summed E-state index contributed by atoms with van der Waals surface area (Å²) < 4.78 is 14.7. The van der Waals surface area contributed by atoms with Crippen molar-refractivity contribution in [2.24, 2.45) is 0 Å². The average molecular weight is 443 g/mol. The van der Waals surface area contributed by atoms with Gasteiger partial charge < -0.3 is 9.80 Å². The van der Waals surface area contributed by atoms with Crippen LogP contribution in [0.25, 0.3) is 0 Å². The Morgan fingerprint density at radius 1 is 1.00 bits per heavy atom.